The Labute approximate surface area is 534 Å². The summed E-state index contributed by atoms with van der Waals surface area (Å²) in [7, 11) is -13.5. The van der Waals surface area contributed by atoms with Crippen LogP contribution in [0.5, 0.6) is 11.5 Å². The van der Waals surface area contributed by atoms with Crippen molar-refractivity contribution in [3.05, 3.63) is 254 Å². The maximum absolute atomic E-state index is 13.5. The molecule has 13 rings (SSSR count). The molecule has 0 N–H and O–H groups in total. The van der Waals surface area contributed by atoms with E-state index in [0.29, 0.717) is 63.8 Å². The Balaban J connectivity index is 0.000000182. The van der Waals surface area contributed by atoms with Crippen LogP contribution in [0.1, 0.15) is 51.3 Å². The zero-order valence-electron chi connectivity index (χ0n) is 50.1. The van der Waals surface area contributed by atoms with E-state index < -0.39 is 48.0 Å². The molecule has 0 saturated heterocycles. The molecule has 5 heterocycles. The molecular formula is C71H63N5O13S3. The highest BCUT2D eigenvalue weighted by atomic mass is 32.2. The van der Waals surface area contributed by atoms with Crippen LogP contribution < -0.4 is 28.4 Å². The number of oxazole rings is 2. The SMILES string of the molecule is CCC(/C=C1\Oc2ccc(-c3ccccc3)cc2N1CS(=O)(=O)ON1C=CC=CC1)=C\c1oc2ccc(-c3ccccc3)cc2[n+]1CS(=O)(=O)[O-].CCCCCN1C(=Cc2oc3ccc(-c4ccccc4)cc3[n+]2CS(=O)(=O)[O-])Oc2ccc(-c3ccccc3)cc21. The third-order valence-electron chi connectivity index (χ3n) is 15.5. The molecule has 0 amide bonds. The number of ether oxygens (including phenoxy) is 2. The summed E-state index contributed by atoms with van der Waals surface area (Å²) in [5.41, 5.74) is 11.4. The van der Waals surface area contributed by atoms with Gasteiger partial charge in [0, 0.05) is 31.0 Å². The minimum atomic E-state index is -4.73. The van der Waals surface area contributed by atoms with Gasteiger partial charge in [-0.15, -0.1) is 13.4 Å². The molecule has 0 saturated carbocycles. The maximum atomic E-state index is 13.5. The lowest BCUT2D eigenvalue weighted by atomic mass is 10.0. The fourth-order valence-electron chi connectivity index (χ4n) is 11.0. The smallest absolute Gasteiger partial charge is 0.380 e. The molecule has 10 aromatic rings. The fourth-order valence-corrected chi connectivity index (χ4v) is 13.2. The minimum absolute atomic E-state index is 0.123. The van der Waals surface area contributed by atoms with Crippen molar-refractivity contribution in [2.75, 3.05) is 28.8 Å². The zero-order chi connectivity index (χ0) is 64.0. The van der Waals surface area contributed by atoms with Gasteiger partial charge >= 0.3 is 21.9 Å². The van der Waals surface area contributed by atoms with Gasteiger partial charge in [-0.1, -0.05) is 184 Å². The molecule has 92 heavy (non-hydrogen) atoms. The van der Waals surface area contributed by atoms with Crippen molar-refractivity contribution in [2.24, 2.45) is 0 Å². The molecule has 0 radical (unpaired) electrons. The summed E-state index contributed by atoms with van der Waals surface area (Å²) in [5.74, 6) is 0.0120. The third kappa shape index (κ3) is 14.6. The molecule has 18 nitrogen and oxygen atoms in total. The maximum Gasteiger partial charge on any atom is 0.380 e. The van der Waals surface area contributed by atoms with Gasteiger partial charge in [0.25, 0.3) is 11.0 Å². The van der Waals surface area contributed by atoms with Crippen molar-refractivity contribution in [1.82, 2.24) is 5.06 Å². The minimum Gasteiger partial charge on any atom is -0.743 e. The standard InChI is InChI=1S/C38H33N3O8S2.C33H30N2O5S/c1-2-28(22-37-40(26-50(42,43)44)33-24-31(16-18-35(33)47-37)29-12-6-3-7-13-29)23-38-41(27-51(45,46)49-39-20-10-5-11-21-39)34-25-32(17-19-36(34)48-38)30-14-8-4-9-15-30;1-2-3-10-19-34-28-20-26(24-11-6-4-7-12-24)15-17-30(28)39-32(34)22-33-35(23-41(36,37)38)29-21-27(16-18-31(29)40-33)25-13-8-5-9-14-25/h3-20,22-25H,2,21,26-27H2,1H3;4-9,11-18,20-22H,2-3,10,19,23H2,1H3. The van der Waals surface area contributed by atoms with Crippen LogP contribution in [0.3, 0.4) is 0 Å². The van der Waals surface area contributed by atoms with Gasteiger partial charge in [-0.3, -0.25) is 4.90 Å². The predicted molar refractivity (Wildman–Crippen MR) is 352 cm³/mol. The van der Waals surface area contributed by atoms with E-state index in [0.717, 1.165) is 69.5 Å². The Kier molecular flexibility index (Phi) is 18.2. The molecule has 3 aliphatic rings. The van der Waals surface area contributed by atoms with Gasteiger partial charge in [-0.25, -0.2) is 21.9 Å². The van der Waals surface area contributed by atoms with E-state index in [4.69, 9.17) is 22.6 Å². The van der Waals surface area contributed by atoms with Gasteiger partial charge in [-0.05, 0) is 105 Å². The van der Waals surface area contributed by atoms with Crippen molar-refractivity contribution >= 4 is 76.1 Å². The highest BCUT2D eigenvalue weighted by Crippen LogP contribution is 2.44. The lowest BCUT2D eigenvalue weighted by Crippen LogP contribution is -2.39. The van der Waals surface area contributed by atoms with Crippen molar-refractivity contribution in [3.63, 3.8) is 0 Å². The van der Waals surface area contributed by atoms with E-state index >= 15 is 0 Å². The number of allylic oxidation sites excluding steroid dienone is 4. The second-order valence-electron chi connectivity index (χ2n) is 22.0. The quantitative estimate of drug-likeness (QED) is 0.0393. The molecule has 0 atom stereocenters. The van der Waals surface area contributed by atoms with Crippen molar-refractivity contribution < 1.29 is 66.1 Å². The van der Waals surface area contributed by atoms with Crippen LogP contribution in [-0.2, 0) is 46.4 Å². The number of nitrogens with zero attached hydrogens (tertiary/aromatic N) is 5. The van der Waals surface area contributed by atoms with E-state index in [1.807, 2.05) is 159 Å². The molecule has 0 unspecified atom stereocenters. The summed E-state index contributed by atoms with van der Waals surface area (Å²) in [5, 5.41) is 1.22. The van der Waals surface area contributed by atoms with Crippen LogP contribution in [0.4, 0.5) is 11.4 Å². The Hall–Kier alpha value is -9.87. The van der Waals surface area contributed by atoms with Crippen LogP contribution in [0.15, 0.2) is 251 Å². The van der Waals surface area contributed by atoms with Crippen LogP contribution in [0.2, 0.25) is 0 Å². The van der Waals surface area contributed by atoms with Gasteiger partial charge in [0.2, 0.25) is 34.7 Å². The Bertz CT molecular complexity index is 4880. The Morgan fingerprint density at radius 3 is 1.48 bits per heavy atom. The second-order valence-corrected chi connectivity index (χ2v) is 26.2. The lowest BCUT2D eigenvalue weighted by molar-refractivity contribution is -0.658. The van der Waals surface area contributed by atoms with Crippen molar-refractivity contribution in [2.45, 2.75) is 51.3 Å². The van der Waals surface area contributed by atoms with Gasteiger partial charge < -0.3 is 32.3 Å². The summed E-state index contributed by atoms with van der Waals surface area (Å²) in [6, 6.07) is 61.7. The van der Waals surface area contributed by atoms with E-state index in [-0.39, 0.29) is 24.2 Å². The van der Waals surface area contributed by atoms with E-state index in [1.165, 1.54) is 25.3 Å². The first-order chi connectivity index (χ1) is 44.4. The van der Waals surface area contributed by atoms with E-state index in [1.54, 1.807) is 60.7 Å². The van der Waals surface area contributed by atoms with Crippen molar-refractivity contribution in [3.8, 4) is 56.0 Å². The topological polar surface area (TPSA) is 220 Å². The first kappa shape index (κ1) is 62.3. The number of hydroxylamine groups is 2. The largest absolute Gasteiger partial charge is 0.743 e. The number of unbranched alkanes of at least 4 members (excludes halogenated alkanes) is 2. The average Bonchev–Trinajstić information content (AvgIpc) is 1.65. The third-order valence-corrected chi connectivity index (χ3v) is 17.6. The normalized spacial score (nSPS) is 14.8. The Morgan fingerprint density at radius 1 is 0.533 bits per heavy atom. The number of benzene rings is 8. The highest BCUT2D eigenvalue weighted by molar-refractivity contribution is 7.86. The molecule has 468 valence electrons. The lowest BCUT2D eigenvalue weighted by Gasteiger charge is -2.23. The molecule has 8 aromatic carbocycles. The predicted octanol–water partition coefficient (Wildman–Crippen LogP) is 13.6. The zero-order valence-corrected chi connectivity index (χ0v) is 52.6. The van der Waals surface area contributed by atoms with E-state index in [9.17, 15) is 34.4 Å². The fraction of sp³-hybridized carbons (Fsp3) is 0.155. The van der Waals surface area contributed by atoms with Crippen LogP contribution >= 0.6 is 0 Å². The molecule has 2 aromatic heterocycles. The number of hydrogen-bond acceptors (Lipinski definition) is 16. The average molecular weight is 1290 g/mol. The van der Waals surface area contributed by atoms with Crippen LogP contribution in [0.25, 0.3) is 78.9 Å². The van der Waals surface area contributed by atoms with Crippen molar-refractivity contribution in [1.29, 1.82) is 0 Å². The second kappa shape index (κ2) is 26.9. The van der Waals surface area contributed by atoms with Gasteiger partial charge in [0.15, 0.2) is 37.6 Å². The van der Waals surface area contributed by atoms with Gasteiger partial charge in [-0.2, -0.15) is 8.42 Å². The van der Waals surface area contributed by atoms with E-state index in [2.05, 4.69) is 30.0 Å². The summed E-state index contributed by atoms with van der Waals surface area (Å²) < 4.78 is 132. The summed E-state index contributed by atoms with van der Waals surface area (Å²) in [6.45, 7) is 5.01. The number of fused-ring (bicyclic) bond motifs is 4. The molecule has 0 spiro atoms. The first-order valence-electron chi connectivity index (χ1n) is 29.8. The molecule has 0 aliphatic carbocycles. The first-order valence-corrected chi connectivity index (χ1v) is 34.5. The molecule has 0 bridgehead atoms. The van der Waals surface area contributed by atoms with Crippen LogP contribution in [0, 0.1) is 0 Å². The van der Waals surface area contributed by atoms with Gasteiger partial charge in [0.1, 0.15) is 6.08 Å². The Morgan fingerprint density at radius 2 is 1.00 bits per heavy atom. The molecular weight excluding hydrogens is 1230 g/mol. The van der Waals surface area contributed by atoms with Gasteiger partial charge in [0.05, 0.1) is 24.0 Å². The number of hydrogen-bond donors (Lipinski definition) is 0. The number of anilines is 2. The number of rotatable bonds is 20. The highest BCUT2D eigenvalue weighted by Gasteiger charge is 2.35. The monoisotopic (exact) mass is 1290 g/mol. The summed E-state index contributed by atoms with van der Waals surface area (Å²) in [4.78, 5) is 3.61. The molecule has 21 heteroatoms. The molecule has 3 aliphatic heterocycles. The summed E-state index contributed by atoms with van der Waals surface area (Å²) in [6.07, 6.45) is 15.2. The number of aromatic nitrogens is 2. The van der Waals surface area contributed by atoms with Crippen LogP contribution in [-0.4, -0.2) is 58.4 Å². The molecule has 0 fully saturated rings. The summed E-state index contributed by atoms with van der Waals surface area (Å²) >= 11 is 0.